The first kappa shape index (κ1) is 13.3. The number of aldehydes is 1. The molecule has 2 aromatic rings. The molecule has 4 heteroatoms. The number of hydrogen-bond donors (Lipinski definition) is 0. The molecule has 2 aromatic carbocycles. The van der Waals surface area contributed by atoms with E-state index in [1.807, 2.05) is 31.2 Å². The lowest BCUT2D eigenvalue weighted by Gasteiger charge is -2.11. The molecule has 0 aliphatic rings. The lowest BCUT2D eigenvalue weighted by molar-refractivity contribution is 0.112. The van der Waals surface area contributed by atoms with Crippen LogP contribution in [0.2, 0.25) is 0 Å². The highest BCUT2D eigenvalue weighted by Crippen LogP contribution is 2.31. The fourth-order valence-corrected chi connectivity index (χ4v) is 2.18. The van der Waals surface area contributed by atoms with Crippen LogP contribution in [-0.2, 0) is 0 Å². The molecule has 0 unspecified atom stereocenters. The van der Waals surface area contributed by atoms with Crippen molar-refractivity contribution in [3.05, 3.63) is 56.5 Å². The molecule has 0 aromatic heterocycles. The Bertz CT molecular complexity index is 594. The molecule has 0 spiro atoms. The van der Waals surface area contributed by atoms with Gasteiger partial charge in [0.05, 0.1) is 5.56 Å². The normalized spacial score (nSPS) is 10.2. The molecule has 2 nitrogen and oxygen atoms in total. The molecule has 0 saturated heterocycles. The summed E-state index contributed by atoms with van der Waals surface area (Å²) >= 11 is 6.77. The second kappa shape index (κ2) is 5.67. The van der Waals surface area contributed by atoms with Crippen LogP contribution in [0.3, 0.4) is 0 Å². The van der Waals surface area contributed by atoms with Crippen molar-refractivity contribution in [1.29, 1.82) is 0 Å². The Morgan fingerprint density at radius 3 is 2.28 bits per heavy atom. The predicted octanol–water partition coefficient (Wildman–Crippen LogP) is 5.12. The van der Waals surface area contributed by atoms with Gasteiger partial charge < -0.3 is 4.74 Å². The van der Waals surface area contributed by atoms with Crippen LogP contribution in [0, 0.1) is 6.92 Å². The van der Waals surface area contributed by atoms with Crippen molar-refractivity contribution in [1.82, 2.24) is 0 Å². The van der Waals surface area contributed by atoms with Gasteiger partial charge in [0.1, 0.15) is 11.5 Å². The van der Waals surface area contributed by atoms with Gasteiger partial charge in [-0.15, -0.1) is 0 Å². The lowest BCUT2D eigenvalue weighted by atomic mass is 10.2. The van der Waals surface area contributed by atoms with Crippen LogP contribution in [-0.4, -0.2) is 6.29 Å². The number of carbonyl (C=O) groups is 1. The summed E-state index contributed by atoms with van der Waals surface area (Å²) in [7, 11) is 0. The fourth-order valence-electron chi connectivity index (χ4n) is 1.50. The Hall–Kier alpha value is -1.13. The number of ether oxygens (including phenoxy) is 1. The minimum atomic E-state index is 0.526. The number of aryl methyl sites for hydroxylation is 1. The molecule has 0 saturated carbocycles. The Morgan fingerprint density at radius 1 is 1.00 bits per heavy atom. The van der Waals surface area contributed by atoms with Crippen LogP contribution in [0.1, 0.15) is 15.9 Å². The van der Waals surface area contributed by atoms with Crippen LogP contribution >= 0.6 is 31.9 Å². The van der Waals surface area contributed by atoms with Crippen molar-refractivity contribution in [2.24, 2.45) is 0 Å². The Kier molecular flexibility index (Phi) is 4.19. The summed E-state index contributed by atoms with van der Waals surface area (Å²) in [5.41, 5.74) is 1.53. The quantitative estimate of drug-likeness (QED) is 0.701. The van der Waals surface area contributed by atoms with Crippen LogP contribution in [0.15, 0.2) is 45.3 Å². The molecule has 0 fully saturated rings. The maximum absolute atomic E-state index is 11.0. The van der Waals surface area contributed by atoms with E-state index in [-0.39, 0.29) is 0 Å². The first-order chi connectivity index (χ1) is 8.60. The highest BCUT2D eigenvalue weighted by molar-refractivity contribution is 9.10. The molecule has 0 bridgehead atoms. The van der Waals surface area contributed by atoms with E-state index >= 15 is 0 Å². The largest absolute Gasteiger partial charge is 0.456 e. The van der Waals surface area contributed by atoms with E-state index in [0.717, 1.165) is 26.5 Å². The van der Waals surface area contributed by atoms with Gasteiger partial charge in [-0.2, -0.15) is 0 Å². The van der Waals surface area contributed by atoms with Crippen LogP contribution in [0.4, 0.5) is 0 Å². The fraction of sp³-hybridized carbons (Fsp3) is 0.0714. The highest BCUT2D eigenvalue weighted by Gasteiger charge is 2.07. The van der Waals surface area contributed by atoms with Gasteiger partial charge in [-0.05, 0) is 42.8 Å². The zero-order chi connectivity index (χ0) is 13.1. The smallest absolute Gasteiger partial charge is 0.153 e. The number of rotatable bonds is 3. The third-order valence-corrected chi connectivity index (χ3v) is 3.46. The van der Waals surface area contributed by atoms with Gasteiger partial charge in [0.15, 0.2) is 6.29 Å². The van der Waals surface area contributed by atoms with Gasteiger partial charge in [-0.1, -0.05) is 37.9 Å². The Balaban J connectivity index is 2.41. The van der Waals surface area contributed by atoms with Gasteiger partial charge in [0.2, 0.25) is 0 Å². The van der Waals surface area contributed by atoms with Crippen molar-refractivity contribution in [3.63, 3.8) is 0 Å². The van der Waals surface area contributed by atoms with E-state index < -0.39 is 0 Å². The van der Waals surface area contributed by atoms with Crippen LogP contribution < -0.4 is 4.74 Å². The molecular weight excluding hydrogens is 360 g/mol. The summed E-state index contributed by atoms with van der Waals surface area (Å²) in [6.45, 7) is 1.96. The monoisotopic (exact) mass is 368 g/mol. The van der Waals surface area contributed by atoms with Crippen molar-refractivity contribution < 1.29 is 9.53 Å². The minimum Gasteiger partial charge on any atom is -0.456 e. The van der Waals surface area contributed by atoms with E-state index in [1.54, 1.807) is 12.1 Å². The summed E-state index contributed by atoms with van der Waals surface area (Å²) in [6.07, 6.45) is 0.787. The van der Waals surface area contributed by atoms with Gasteiger partial charge in [-0.3, -0.25) is 4.79 Å². The number of benzene rings is 2. The molecule has 0 aliphatic carbocycles. The molecule has 92 valence electrons. The maximum Gasteiger partial charge on any atom is 0.153 e. The summed E-state index contributed by atoms with van der Waals surface area (Å²) in [4.78, 5) is 11.0. The minimum absolute atomic E-state index is 0.526. The topological polar surface area (TPSA) is 26.3 Å². The Morgan fingerprint density at radius 2 is 1.61 bits per heavy atom. The zero-order valence-corrected chi connectivity index (χ0v) is 12.8. The van der Waals surface area contributed by atoms with Crippen LogP contribution in [0.5, 0.6) is 11.5 Å². The third kappa shape index (κ3) is 3.00. The molecule has 0 N–H and O–H groups in total. The summed E-state index contributed by atoms with van der Waals surface area (Å²) in [6, 6.07) is 11.1. The van der Waals surface area contributed by atoms with E-state index in [1.165, 1.54) is 0 Å². The molecule has 0 atom stereocenters. The maximum atomic E-state index is 11.0. The molecule has 2 rings (SSSR count). The molecule has 0 amide bonds. The summed E-state index contributed by atoms with van der Waals surface area (Å²) < 4.78 is 7.61. The Labute approximate surface area is 122 Å². The summed E-state index contributed by atoms with van der Waals surface area (Å²) in [5, 5.41) is 0. The van der Waals surface area contributed by atoms with Gasteiger partial charge in [-0.25, -0.2) is 0 Å². The third-order valence-electron chi connectivity index (χ3n) is 2.47. The molecule has 0 heterocycles. The first-order valence-corrected chi connectivity index (χ1v) is 6.87. The molecule has 0 radical (unpaired) electrons. The first-order valence-electron chi connectivity index (χ1n) is 5.29. The van der Waals surface area contributed by atoms with Crippen LogP contribution in [0.25, 0.3) is 0 Å². The number of halogens is 2. The molecule has 0 aliphatic heterocycles. The highest BCUT2D eigenvalue weighted by atomic mass is 79.9. The molecular formula is C14H10Br2O2. The average Bonchev–Trinajstić information content (AvgIpc) is 2.34. The average molecular weight is 370 g/mol. The standard InChI is InChI=1S/C14H10Br2O2/c1-9-2-4-11(15)6-13(9)18-14-7-12(16)5-3-10(14)8-17/h2-8H,1H3. The van der Waals surface area contributed by atoms with E-state index in [9.17, 15) is 4.79 Å². The predicted molar refractivity (Wildman–Crippen MR) is 78.5 cm³/mol. The van der Waals surface area contributed by atoms with Gasteiger partial charge in [0.25, 0.3) is 0 Å². The van der Waals surface area contributed by atoms with E-state index in [4.69, 9.17) is 4.74 Å². The lowest BCUT2D eigenvalue weighted by Crippen LogP contribution is -1.92. The van der Waals surface area contributed by atoms with E-state index in [0.29, 0.717) is 11.3 Å². The van der Waals surface area contributed by atoms with Crippen molar-refractivity contribution in [2.75, 3.05) is 0 Å². The van der Waals surface area contributed by atoms with Gasteiger partial charge in [0, 0.05) is 8.95 Å². The van der Waals surface area contributed by atoms with Crippen molar-refractivity contribution in [2.45, 2.75) is 6.92 Å². The number of carbonyl (C=O) groups excluding carboxylic acids is 1. The van der Waals surface area contributed by atoms with Crippen molar-refractivity contribution >= 4 is 38.1 Å². The van der Waals surface area contributed by atoms with Crippen molar-refractivity contribution in [3.8, 4) is 11.5 Å². The number of hydrogen-bond acceptors (Lipinski definition) is 2. The zero-order valence-electron chi connectivity index (χ0n) is 9.61. The second-order valence-corrected chi connectivity index (χ2v) is 5.64. The van der Waals surface area contributed by atoms with E-state index in [2.05, 4.69) is 31.9 Å². The second-order valence-electron chi connectivity index (χ2n) is 3.81. The SMILES string of the molecule is Cc1ccc(Br)cc1Oc1cc(Br)ccc1C=O. The van der Waals surface area contributed by atoms with Gasteiger partial charge >= 0.3 is 0 Å². The molecule has 18 heavy (non-hydrogen) atoms. The summed E-state index contributed by atoms with van der Waals surface area (Å²) in [5.74, 6) is 1.27.